The monoisotopic (exact) mass is 640 g/mol. The fourth-order valence-corrected chi connectivity index (χ4v) is 5.36. The van der Waals surface area contributed by atoms with Gasteiger partial charge in [-0.15, -0.1) is 0 Å². The Balaban J connectivity index is 2.00. The van der Waals surface area contributed by atoms with Gasteiger partial charge >= 0.3 is 18.3 Å². The maximum Gasteiger partial charge on any atom is 0.407 e. The molecule has 1 aliphatic rings. The summed E-state index contributed by atoms with van der Waals surface area (Å²) in [4.78, 5) is 26.3. The van der Waals surface area contributed by atoms with Crippen molar-refractivity contribution in [1.82, 2.24) is 4.90 Å². The molecule has 2 atom stereocenters. The molecule has 16 heteroatoms. The number of hydrogen-bond donors (Lipinski definition) is 2. The summed E-state index contributed by atoms with van der Waals surface area (Å²) < 4.78 is 118. The first-order valence-electron chi connectivity index (χ1n) is 12.6. The molecule has 2 unspecified atom stereocenters. The standard InChI is InChI=1S/C27H30F6N2O7S/c1-24(2,3)42-23(38)35-14-15-12-18(43(5,39)40)10-11-19(15)21(35)22(37)34-17-8-6-16(7-9-17)25(26(28,29)30,27(31,32)33)13-20(36)41-4/h6-12,21,23,38H,13-14H2,1-5H3,(H,34,37). The van der Waals surface area contributed by atoms with E-state index < -0.39 is 69.5 Å². The molecule has 1 heterocycles. The minimum absolute atomic E-state index is 0.0427. The number of anilines is 1. The smallest absolute Gasteiger partial charge is 0.407 e. The lowest BCUT2D eigenvalue weighted by Gasteiger charge is -2.37. The van der Waals surface area contributed by atoms with E-state index in [9.17, 15) is 49.5 Å². The zero-order valence-electron chi connectivity index (χ0n) is 23.6. The van der Waals surface area contributed by atoms with E-state index in [1.807, 2.05) is 0 Å². The molecule has 0 spiro atoms. The van der Waals surface area contributed by atoms with Crippen molar-refractivity contribution in [3.63, 3.8) is 0 Å². The number of aliphatic hydroxyl groups excluding tert-OH is 1. The molecule has 0 aliphatic carbocycles. The van der Waals surface area contributed by atoms with Crippen molar-refractivity contribution in [3.05, 3.63) is 59.2 Å². The van der Waals surface area contributed by atoms with Crippen molar-refractivity contribution >= 4 is 27.4 Å². The summed E-state index contributed by atoms with van der Waals surface area (Å²) in [5.74, 6) is -2.58. The first-order valence-corrected chi connectivity index (χ1v) is 14.5. The minimum atomic E-state index is -5.94. The number of carbonyl (C=O) groups excluding carboxylic acids is 2. The van der Waals surface area contributed by atoms with E-state index in [2.05, 4.69) is 10.1 Å². The Bertz CT molecular complexity index is 1450. The summed E-state index contributed by atoms with van der Waals surface area (Å²) in [7, 11) is -2.96. The molecular weight excluding hydrogens is 610 g/mol. The highest BCUT2D eigenvalue weighted by atomic mass is 32.2. The van der Waals surface area contributed by atoms with E-state index in [-0.39, 0.29) is 17.1 Å². The van der Waals surface area contributed by atoms with Gasteiger partial charge in [-0.25, -0.2) is 13.3 Å². The van der Waals surface area contributed by atoms with Gasteiger partial charge in [0.1, 0.15) is 6.04 Å². The van der Waals surface area contributed by atoms with E-state index >= 15 is 0 Å². The SMILES string of the molecule is COC(=O)CC(c1ccc(NC(=O)C2c3ccc(S(C)(=O)=O)cc3CN2C(O)OC(C)(C)C)cc1)(C(F)(F)F)C(F)(F)F. The fourth-order valence-electron chi connectivity index (χ4n) is 4.69. The molecule has 2 aromatic carbocycles. The lowest BCUT2D eigenvalue weighted by atomic mass is 9.76. The number of alkyl halides is 6. The number of amides is 1. The van der Waals surface area contributed by atoms with Gasteiger partial charge in [0.2, 0.25) is 12.3 Å². The van der Waals surface area contributed by atoms with Crippen molar-refractivity contribution in [2.45, 2.75) is 74.5 Å². The molecule has 0 radical (unpaired) electrons. The predicted molar refractivity (Wildman–Crippen MR) is 140 cm³/mol. The van der Waals surface area contributed by atoms with Gasteiger partial charge in [-0.2, -0.15) is 26.3 Å². The van der Waals surface area contributed by atoms with Crippen LogP contribution < -0.4 is 5.32 Å². The Morgan fingerprint density at radius 3 is 2.05 bits per heavy atom. The molecule has 2 aromatic rings. The van der Waals surface area contributed by atoms with Gasteiger partial charge in [0, 0.05) is 18.5 Å². The van der Waals surface area contributed by atoms with Crippen LogP contribution in [0.5, 0.6) is 0 Å². The van der Waals surface area contributed by atoms with E-state index in [4.69, 9.17) is 4.74 Å². The van der Waals surface area contributed by atoms with Crippen LogP contribution in [-0.2, 0) is 40.9 Å². The Kier molecular flexibility index (Phi) is 9.33. The third kappa shape index (κ3) is 7.13. The molecular formula is C27H30F6N2O7S. The second-order valence-electron chi connectivity index (χ2n) is 11.0. The second-order valence-corrected chi connectivity index (χ2v) is 13.0. The lowest BCUT2D eigenvalue weighted by molar-refractivity contribution is -0.304. The quantitative estimate of drug-likeness (QED) is 0.244. The third-order valence-corrected chi connectivity index (χ3v) is 7.87. The van der Waals surface area contributed by atoms with Crippen LogP contribution in [0.1, 0.15) is 49.9 Å². The number of fused-ring (bicyclic) bond motifs is 1. The Morgan fingerprint density at radius 1 is 1.02 bits per heavy atom. The number of esters is 1. The highest BCUT2D eigenvalue weighted by Crippen LogP contribution is 2.54. The van der Waals surface area contributed by atoms with Crippen LogP contribution >= 0.6 is 0 Å². The van der Waals surface area contributed by atoms with Crippen LogP contribution in [0.3, 0.4) is 0 Å². The number of aliphatic hydroxyl groups is 1. The molecule has 1 amide bonds. The normalized spacial score (nSPS) is 17.3. The second kappa shape index (κ2) is 11.7. The van der Waals surface area contributed by atoms with Gasteiger partial charge in [0.25, 0.3) is 0 Å². The summed E-state index contributed by atoms with van der Waals surface area (Å²) >= 11 is 0. The number of benzene rings is 2. The number of halogens is 6. The molecule has 0 saturated heterocycles. The molecule has 1 aliphatic heterocycles. The van der Waals surface area contributed by atoms with Crippen molar-refractivity contribution in [2.75, 3.05) is 18.7 Å². The van der Waals surface area contributed by atoms with Crippen molar-refractivity contribution in [1.29, 1.82) is 0 Å². The average Bonchev–Trinajstić information content (AvgIpc) is 3.24. The number of sulfone groups is 1. The van der Waals surface area contributed by atoms with E-state index in [1.165, 1.54) is 23.1 Å². The van der Waals surface area contributed by atoms with Crippen LogP contribution in [0.2, 0.25) is 0 Å². The summed E-state index contributed by atoms with van der Waals surface area (Å²) in [6.07, 6.45) is -14.6. The summed E-state index contributed by atoms with van der Waals surface area (Å²) in [6.45, 7) is 4.79. The van der Waals surface area contributed by atoms with Gasteiger partial charge in [-0.1, -0.05) is 18.2 Å². The molecule has 3 rings (SSSR count). The number of nitrogens with one attached hydrogen (secondary N) is 1. The third-order valence-electron chi connectivity index (χ3n) is 6.76. The highest BCUT2D eigenvalue weighted by molar-refractivity contribution is 7.90. The number of rotatable bonds is 8. The van der Waals surface area contributed by atoms with E-state index in [0.717, 1.165) is 18.4 Å². The van der Waals surface area contributed by atoms with Crippen molar-refractivity contribution < 1.29 is 58.9 Å². The number of ether oxygens (including phenoxy) is 2. The van der Waals surface area contributed by atoms with Gasteiger partial charge in [0.15, 0.2) is 15.3 Å². The minimum Gasteiger partial charge on any atom is -0.469 e. The predicted octanol–water partition coefficient (Wildman–Crippen LogP) is 4.60. The maximum absolute atomic E-state index is 14.0. The van der Waals surface area contributed by atoms with Gasteiger partial charge < -0.3 is 19.9 Å². The number of nitrogens with zero attached hydrogens (tertiary/aromatic N) is 1. The van der Waals surface area contributed by atoms with Crippen molar-refractivity contribution in [3.8, 4) is 0 Å². The average molecular weight is 641 g/mol. The van der Waals surface area contributed by atoms with E-state index in [1.54, 1.807) is 20.8 Å². The number of hydrogen-bond acceptors (Lipinski definition) is 8. The maximum atomic E-state index is 14.0. The summed E-state index contributed by atoms with van der Waals surface area (Å²) in [6, 6.07) is 5.29. The molecule has 0 bridgehead atoms. The van der Waals surface area contributed by atoms with Gasteiger partial charge in [0.05, 0.1) is 24.0 Å². The van der Waals surface area contributed by atoms with Gasteiger partial charge in [-0.3, -0.25) is 9.59 Å². The molecule has 2 N–H and O–H groups in total. The Hall–Kier alpha value is -3.21. The molecule has 238 valence electrons. The first-order chi connectivity index (χ1) is 19.5. The number of carbonyl (C=O) groups is 2. The van der Waals surface area contributed by atoms with Crippen LogP contribution in [-0.4, -0.2) is 68.0 Å². The molecule has 9 nitrogen and oxygen atoms in total. The summed E-state index contributed by atoms with van der Waals surface area (Å²) in [5, 5.41) is 13.2. The topological polar surface area (TPSA) is 122 Å². The lowest BCUT2D eigenvalue weighted by Crippen LogP contribution is -2.55. The fraction of sp³-hybridized carbons (Fsp3) is 0.481. The largest absolute Gasteiger partial charge is 0.469 e. The Morgan fingerprint density at radius 2 is 1.58 bits per heavy atom. The van der Waals surface area contributed by atoms with Crippen LogP contribution in [0.4, 0.5) is 32.0 Å². The zero-order valence-corrected chi connectivity index (χ0v) is 24.4. The van der Waals surface area contributed by atoms with Crippen LogP contribution in [0.25, 0.3) is 0 Å². The molecule has 0 aromatic heterocycles. The molecule has 0 fully saturated rings. The number of methoxy groups -OCH3 is 1. The van der Waals surface area contributed by atoms with Crippen LogP contribution in [0.15, 0.2) is 47.4 Å². The first kappa shape index (κ1) is 34.3. The molecule has 0 saturated carbocycles. The zero-order chi connectivity index (χ0) is 32.8. The van der Waals surface area contributed by atoms with Crippen LogP contribution in [0, 0.1) is 0 Å². The summed E-state index contributed by atoms with van der Waals surface area (Å²) in [5.41, 5.74) is -6.29. The van der Waals surface area contributed by atoms with Crippen molar-refractivity contribution in [2.24, 2.45) is 0 Å². The highest BCUT2D eigenvalue weighted by Gasteiger charge is 2.72. The Labute approximate surface area is 243 Å². The van der Waals surface area contributed by atoms with E-state index in [0.29, 0.717) is 30.4 Å². The molecule has 43 heavy (non-hydrogen) atoms. The van der Waals surface area contributed by atoms with Gasteiger partial charge in [-0.05, 0) is 61.7 Å².